The smallest absolute Gasteiger partial charge is 0.185 e. The molecular weight excluding hydrogens is 288 g/mol. The fourth-order valence-corrected chi connectivity index (χ4v) is 2.25. The maximum Gasteiger partial charge on any atom is 0.185 e. The maximum atomic E-state index is 12.3. The number of benzene rings is 2. The van der Waals surface area contributed by atoms with Crippen LogP contribution in [-0.2, 0) is 0 Å². The van der Waals surface area contributed by atoms with E-state index in [4.69, 9.17) is 9.47 Å². The molecule has 3 heteroatoms. The largest absolute Gasteiger partial charge is 0.493 e. The highest BCUT2D eigenvalue weighted by atomic mass is 16.5. The molecule has 0 heterocycles. The van der Waals surface area contributed by atoms with Crippen LogP contribution >= 0.6 is 0 Å². The van der Waals surface area contributed by atoms with Crippen LogP contribution in [0.25, 0.3) is 6.08 Å². The summed E-state index contributed by atoms with van der Waals surface area (Å²) in [5.74, 6) is 1.59. The molecule has 0 N–H and O–H groups in total. The number of rotatable bonds is 6. The summed E-state index contributed by atoms with van der Waals surface area (Å²) in [5.41, 5.74) is 2.86. The van der Waals surface area contributed by atoms with E-state index >= 15 is 0 Å². The lowest BCUT2D eigenvalue weighted by atomic mass is 10.0. The average Bonchev–Trinajstić information content (AvgIpc) is 2.59. The highest BCUT2D eigenvalue weighted by Gasteiger charge is 2.08. The second-order valence-corrected chi connectivity index (χ2v) is 5.59. The number of allylic oxidation sites excluding steroid dienone is 1. The Labute approximate surface area is 137 Å². The molecule has 0 aromatic heterocycles. The molecule has 3 nitrogen and oxygen atoms in total. The Hall–Kier alpha value is -2.55. The molecule has 0 amide bonds. The van der Waals surface area contributed by atoms with Gasteiger partial charge in [-0.3, -0.25) is 4.79 Å². The monoisotopic (exact) mass is 310 g/mol. The number of carbonyl (C=O) groups is 1. The molecule has 0 fully saturated rings. The highest BCUT2D eigenvalue weighted by Crippen LogP contribution is 2.27. The third kappa shape index (κ3) is 4.22. The van der Waals surface area contributed by atoms with Crippen molar-refractivity contribution in [1.82, 2.24) is 0 Å². The lowest BCUT2D eigenvalue weighted by Gasteiger charge is -2.08. The zero-order valence-electron chi connectivity index (χ0n) is 14.0. The molecule has 0 aliphatic carbocycles. The lowest BCUT2D eigenvalue weighted by Crippen LogP contribution is -1.97. The molecule has 0 saturated heterocycles. The van der Waals surface area contributed by atoms with Crippen LogP contribution in [-0.4, -0.2) is 20.0 Å². The summed E-state index contributed by atoms with van der Waals surface area (Å²) < 4.78 is 10.4. The Bertz CT molecular complexity index is 697. The van der Waals surface area contributed by atoms with Crippen molar-refractivity contribution in [2.75, 3.05) is 14.2 Å². The summed E-state index contributed by atoms with van der Waals surface area (Å²) >= 11 is 0. The molecule has 0 saturated carbocycles. The number of methoxy groups -OCH3 is 2. The van der Waals surface area contributed by atoms with Gasteiger partial charge in [-0.25, -0.2) is 0 Å². The van der Waals surface area contributed by atoms with Crippen molar-refractivity contribution in [3.05, 3.63) is 65.2 Å². The summed E-state index contributed by atoms with van der Waals surface area (Å²) in [6.07, 6.45) is 3.40. The molecular formula is C20H22O3. The van der Waals surface area contributed by atoms with Gasteiger partial charge in [0.05, 0.1) is 14.2 Å². The van der Waals surface area contributed by atoms with Gasteiger partial charge in [0.2, 0.25) is 0 Å². The van der Waals surface area contributed by atoms with Gasteiger partial charge < -0.3 is 9.47 Å². The van der Waals surface area contributed by atoms with E-state index in [0.717, 1.165) is 5.56 Å². The van der Waals surface area contributed by atoms with E-state index in [9.17, 15) is 4.79 Å². The molecule has 0 radical (unpaired) electrons. The van der Waals surface area contributed by atoms with Gasteiger partial charge in [0.25, 0.3) is 0 Å². The van der Waals surface area contributed by atoms with E-state index in [1.807, 2.05) is 18.2 Å². The van der Waals surface area contributed by atoms with Crippen LogP contribution in [0.3, 0.4) is 0 Å². The van der Waals surface area contributed by atoms with Crippen LogP contribution in [0.4, 0.5) is 0 Å². The quantitative estimate of drug-likeness (QED) is 0.572. The minimum absolute atomic E-state index is 0.0705. The molecule has 2 rings (SSSR count). The van der Waals surface area contributed by atoms with Crippen molar-refractivity contribution in [2.24, 2.45) is 0 Å². The van der Waals surface area contributed by atoms with E-state index in [1.54, 1.807) is 38.5 Å². The Morgan fingerprint density at radius 2 is 1.61 bits per heavy atom. The number of carbonyl (C=O) groups excluding carboxylic acids is 1. The van der Waals surface area contributed by atoms with Crippen LogP contribution in [0.5, 0.6) is 11.5 Å². The highest BCUT2D eigenvalue weighted by molar-refractivity contribution is 6.07. The van der Waals surface area contributed by atoms with Crippen molar-refractivity contribution in [3.8, 4) is 11.5 Å². The maximum absolute atomic E-state index is 12.3. The van der Waals surface area contributed by atoms with Gasteiger partial charge in [-0.05, 0) is 41.3 Å². The Morgan fingerprint density at radius 1 is 0.957 bits per heavy atom. The molecule has 0 atom stereocenters. The number of ether oxygens (including phenoxy) is 2. The SMILES string of the molecule is COc1ccc(C(=O)C=Cc2ccc(C(C)C)cc2)cc1OC. The van der Waals surface area contributed by atoms with Crippen molar-refractivity contribution >= 4 is 11.9 Å². The molecule has 0 spiro atoms. The van der Waals surface area contributed by atoms with Gasteiger partial charge >= 0.3 is 0 Å². The predicted octanol–water partition coefficient (Wildman–Crippen LogP) is 4.72. The normalized spacial score (nSPS) is 11.0. The van der Waals surface area contributed by atoms with Crippen molar-refractivity contribution in [3.63, 3.8) is 0 Å². The number of ketones is 1. The van der Waals surface area contributed by atoms with Gasteiger partial charge in [-0.2, -0.15) is 0 Å². The van der Waals surface area contributed by atoms with Gasteiger partial charge in [-0.15, -0.1) is 0 Å². The first-order chi connectivity index (χ1) is 11.0. The van der Waals surface area contributed by atoms with Gasteiger partial charge in [0.15, 0.2) is 17.3 Å². The summed E-state index contributed by atoms with van der Waals surface area (Å²) in [5, 5.41) is 0. The molecule has 0 aliphatic rings. The van der Waals surface area contributed by atoms with Crippen LogP contribution in [0.1, 0.15) is 41.3 Å². The third-order valence-corrected chi connectivity index (χ3v) is 3.70. The molecule has 23 heavy (non-hydrogen) atoms. The molecule has 0 bridgehead atoms. The fourth-order valence-electron chi connectivity index (χ4n) is 2.25. The Kier molecular flexibility index (Phi) is 5.58. The molecule has 2 aromatic carbocycles. The van der Waals surface area contributed by atoms with E-state index in [0.29, 0.717) is 23.0 Å². The van der Waals surface area contributed by atoms with Gasteiger partial charge in [-0.1, -0.05) is 44.2 Å². The van der Waals surface area contributed by atoms with Crippen LogP contribution in [0, 0.1) is 0 Å². The van der Waals surface area contributed by atoms with E-state index in [1.165, 1.54) is 5.56 Å². The summed E-state index contributed by atoms with van der Waals surface area (Å²) in [6.45, 7) is 4.32. The van der Waals surface area contributed by atoms with Gasteiger partial charge in [0.1, 0.15) is 0 Å². The van der Waals surface area contributed by atoms with Crippen LogP contribution < -0.4 is 9.47 Å². The molecule has 0 aliphatic heterocycles. The topological polar surface area (TPSA) is 35.5 Å². The number of hydrogen-bond acceptors (Lipinski definition) is 3. The summed E-state index contributed by atoms with van der Waals surface area (Å²) in [7, 11) is 3.12. The summed E-state index contributed by atoms with van der Waals surface area (Å²) in [4.78, 5) is 12.3. The zero-order chi connectivity index (χ0) is 16.8. The van der Waals surface area contributed by atoms with E-state index in [2.05, 4.69) is 26.0 Å². The second kappa shape index (κ2) is 7.63. The lowest BCUT2D eigenvalue weighted by molar-refractivity contribution is 0.104. The Balaban J connectivity index is 2.14. The predicted molar refractivity (Wildman–Crippen MR) is 93.4 cm³/mol. The molecule has 120 valence electrons. The number of hydrogen-bond donors (Lipinski definition) is 0. The van der Waals surface area contributed by atoms with E-state index < -0.39 is 0 Å². The fraction of sp³-hybridized carbons (Fsp3) is 0.250. The van der Waals surface area contributed by atoms with Crippen LogP contribution in [0.2, 0.25) is 0 Å². The van der Waals surface area contributed by atoms with Crippen LogP contribution in [0.15, 0.2) is 48.5 Å². The standard InChI is InChI=1S/C20H22O3/c1-14(2)16-8-5-15(6-9-16)7-11-18(21)17-10-12-19(22-3)20(13-17)23-4/h5-14H,1-4H3. The zero-order valence-corrected chi connectivity index (χ0v) is 14.0. The summed E-state index contributed by atoms with van der Waals surface area (Å²) in [6, 6.07) is 13.4. The Morgan fingerprint density at radius 3 is 2.17 bits per heavy atom. The minimum Gasteiger partial charge on any atom is -0.493 e. The molecule has 2 aromatic rings. The first kappa shape index (κ1) is 16.8. The van der Waals surface area contributed by atoms with Gasteiger partial charge in [0, 0.05) is 5.56 Å². The third-order valence-electron chi connectivity index (χ3n) is 3.70. The second-order valence-electron chi connectivity index (χ2n) is 5.59. The minimum atomic E-state index is -0.0705. The van der Waals surface area contributed by atoms with Crippen molar-refractivity contribution in [1.29, 1.82) is 0 Å². The first-order valence-corrected chi connectivity index (χ1v) is 7.59. The average molecular weight is 310 g/mol. The van der Waals surface area contributed by atoms with Crippen molar-refractivity contribution < 1.29 is 14.3 Å². The van der Waals surface area contributed by atoms with Crippen molar-refractivity contribution in [2.45, 2.75) is 19.8 Å². The molecule has 0 unspecified atom stereocenters. The first-order valence-electron chi connectivity index (χ1n) is 7.59. The van der Waals surface area contributed by atoms with E-state index in [-0.39, 0.29) is 5.78 Å².